The summed E-state index contributed by atoms with van der Waals surface area (Å²) in [5.74, 6) is -1.70. The highest BCUT2D eigenvalue weighted by atomic mass is 16.5. The van der Waals surface area contributed by atoms with Gasteiger partial charge in [0, 0.05) is 6.20 Å². The van der Waals surface area contributed by atoms with Crippen LogP contribution in [0.2, 0.25) is 0 Å². The molecule has 2 heterocycles. The lowest BCUT2D eigenvalue weighted by molar-refractivity contribution is 0.0460. The van der Waals surface area contributed by atoms with Crippen LogP contribution in [0.25, 0.3) is 0 Å². The Morgan fingerprint density at radius 2 is 2.05 bits per heavy atom. The van der Waals surface area contributed by atoms with Crippen LogP contribution in [0.4, 0.5) is 0 Å². The molecule has 0 bridgehead atoms. The summed E-state index contributed by atoms with van der Waals surface area (Å²) in [5.41, 5.74) is 1.38. The van der Waals surface area contributed by atoms with Gasteiger partial charge in [0.25, 0.3) is 0 Å². The van der Waals surface area contributed by atoms with Crippen LogP contribution in [0.15, 0.2) is 36.5 Å². The van der Waals surface area contributed by atoms with Gasteiger partial charge in [-0.3, -0.25) is 0 Å². The summed E-state index contributed by atoms with van der Waals surface area (Å²) >= 11 is 0. The quantitative estimate of drug-likeness (QED) is 0.854. The van der Waals surface area contributed by atoms with Crippen molar-refractivity contribution in [2.24, 2.45) is 0 Å². The molecule has 2 aromatic heterocycles. The number of pyridine rings is 2. The van der Waals surface area contributed by atoms with E-state index in [1.165, 1.54) is 12.3 Å². The van der Waals surface area contributed by atoms with Crippen molar-refractivity contribution < 1.29 is 19.4 Å². The summed E-state index contributed by atoms with van der Waals surface area (Å²) < 4.78 is 5.05. The lowest BCUT2D eigenvalue weighted by Gasteiger charge is -2.05. The lowest BCUT2D eigenvalue weighted by Crippen LogP contribution is -2.09. The number of esters is 1. The van der Waals surface area contributed by atoms with E-state index in [9.17, 15) is 9.59 Å². The van der Waals surface area contributed by atoms with Gasteiger partial charge in [0.2, 0.25) is 0 Å². The second-order valence-electron chi connectivity index (χ2n) is 4.11. The molecule has 0 aromatic carbocycles. The number of carboxylic acid groups (broad SMARTS) is 1. The number of nitrogens with zero attached hydrogens (tertiary/aromatic N) is 2. The number of carbonyl (C=O) groups excluding carboxylic acids is 1. The molecular formula is C14H12N2O4. The molecule has 0 fully saturated rings. The van der Waals surface area contributed by atoms with E-state index in [1.807, 2.05) is 6.92 Å². The molecule has 6 heteroatoms. The van der Waals surface area contributed by atoms with E-state index >= 15 is 0 Å². The van der Waals surface area contributed by atoms with Crippen LogP contribution in [-0.4, -0.2) is 27.0 Å². The SMILES string of the molecule is Cc1ccnc(C(=O)OCc2cccc(C(=O)O)n2)c1. The van der Waals surface area contributed by atoms with Crippen molar-refractivity contribution >= 4 is 11.9 Å². The Morgan fingerprint density at radius 3 is 2.75 bits per heavy atom. The number of hydrogen-bond acceptors (Lipinski definition) is 5. The number of carboxylic acids is 1. The summed E-state index contributed by atoms with van der Waals surface area (Å²) in [6.45, 7) is 1.74. The second kappa shape index (κ2) is 5.92. The zero-order valence-corrected chi connectivity index (χ0v) is 10.7. The summed E-state index contributed by atoms with van der Waals surface area (Å²) in [5, 5.41) is 8.81. The predicted octanol–water partition coefficient (Wildman–Crippen LogP) is 1.84. The molecule has 1 N–H and O–H groups in total. The van der Waals surface area contributed by atoms with Crippen molar-refractivity contribution in [3.8, 4) is 0 Å². The number of aromatic nitrogens is 2. The van der Waals surface area contributed by atoms with Gasteiger partial charge in [-0.25, -0.2) is 19.6 Å². The summed E-state index contributed by atoms with van der Waals surface area (Å²) in [7, 11) is 0. The Bertz CT molecular complexity index is 655. The van der Waals surface area contributed by atoms with Gasteiger partial charge < -0.3 is 9.84 Å². The topological polar surface area (TPSA) is 89.4 Å². The van der Waals surface area contributed by atoms with E-state index < -0.39 is 11.9 Å². The van der Waals surface area contributed by atoms with Gasteiger partial charge in [0.05, 0.1) is 5.69 Å². The van der Waals surface area contributed by atoms with E-state index in [2.05, 4.69) is 9.97 Å². The first-order chi connectivity index (χ1) is 9.56. The molecule has 0 saturated carbocycles. The molecule has 6 nitrogen and oxygen atoms in total. The molecule has 0 spiro atoms. The molecule has 0 radical (unpaired) electrons. The highest BCUT2D eigenvalue weighted by Crippen LogP contribution is 2.06. The maximum Gasteiger partial charge on any atom is 0.357 e. The Balaban J connectivity index is 2.03. The molecule has 2 aromatic rings. The minimum atomic E-state index is -1.13. The first kappa shape index (κ1) is 13.7. The third kappa shape index (κ3) is 3.38. The van der Waals surface area contributed by atoms with E-state index in [0.717, 1.165) is 5.56 Å². The zero-order chi connectivity index (χ0) is 14.5. The van der Waals surface area contributed by atoms with Crippen molar-refractivity contribution in [2.45, 2.75) is 13.5 Å². The Kier molecular flexibility index (Phi) is 4.05. The van der Waals surface area contributed by atoms with Gasteiger partial charge in [0.15, 0.2) is 0 Å². The lowest BCUT2D eigenvalue weighted by atomic mass is 10.2. The Hall–Kier alpha value is -2.76. The molecule has 0 aliphatic rings. The molecule has 0 saturated heterocycles. The third-order valence-electron chi connectivity index (χ3n) is 2.50. The minimum absolute atomic E-state index is 0.0905. The minimum Gasteiger partial charge on any atom is -0.477 e. The molecule has 0 unspecified atom stereocenters. The van der Waals surface area contributed by atoms with Crippen molar-refractivity contribution in [3.63, 3.8) is 0 Å². The van der Waals surface area contributed by atoms with E-state index in [4.69, 9.17) is 9.84 Å². The number of rotatable bonds is 4. The summed E-state index contributed by atoms with van der Waals surface area (Å²) in [6, 6.07) is 7.89. The molecule has 0 aliphatic heterocycles. The first-order valence-electron chi connectivity index (χ1n) is 5.85. The van der Waals surface area contributed by atoms with Crippen LogP contribution in [0.5, 0.6) is 0 Å². The molecule has 0 amide bonds. The highest BCUT2D eigenvalue weighted by molar-refractivity contribution is 5.87. The fourth-order valence-electron chi connectivity index (χ4n) is 1.54. The van der Waals surface area contributed by atoms with Gasteiger partial charge in [-0.1, -0.05) is 6.07 Å². The first-order valence-corrected chi connectivity index (χ1v) is 5.85. The largest absolute Gasteiger partial charge is 0.477 e. The van der Waals surface area contributed by atoms with E-state index in [1.54, 1.807) is 24.3 Å². The van der Waals surface area contributed by atoms with Gasteiger partial charge in [0.1, 0.15) is 18.0 Å². The number of aromatic carboxylic acids is 1. The standard InChI is InChI=1S/C14H12N2O4/c1-9-5-6-15-12(7-9)14(19)20-8-10-3-2-4-11(16-10)13(17)18/h2-7H,8H2,1H3,(H,17,18). The second-order valence-corrected chi connectivity index (χ2v) is 4.11. The van der Waals surface area contributed by atoms with Crippen molar-refractivity contribution in [1.82, 2.24) is 9.97 Å². The summed E-state index contributed by atoms with van der Waals surface area (Å²) in [4.78, 5) is 30.3. The molecule has 2 rings (SSSR count). The average molecular weight is 272 g/mol. The van der Waals surface area contributed by atoms with Crippen molar-refractivity contribution in [2.75, 3.05) is 0 Å². The van der Waals surface area contributed by atoms with Gasteiger partial charge in [-0.2, -0.15) is 0 Å². The van der Waals surface area contributed by atoms with Crippen LogP contribution in [0.3, 0.4) is 0 Å². The Morgan fingerprint density at radius 1 is 1.25 bits per heavy atom. The normalized spacial score (nSPS) is 10.1. The molecular weight excluding hydrogens is 260 g/mol. The highest BCUT2D eigenvalue weighted by Gasteiger charge is 2.10. The van der Waals surface area contributed by atoms with Gasteiger partial charge >= 0.3 is 11.9 Å². The van der Waals surface area contributed by atoms with E-state index in [-0.39, 0.29) is 18.0 Å². The van der Waals surface area contributed by atoms with Gasteiger partial charge in [-0.15, -0.1) is 0 Å². The zero-order valence-electron chi connectivity index (χ0n) is 10.7. The van der Waals surface area contributed by atoms with Crippen LogP contribution in [0.1, 0.15) is 32.2 Å². The number of ether oxygens (including phenoxy) is 1. The van der Waals surface area contributed by atoms with Crippen LogP contribution in [0, 0.1) is 6.92 Å². The van der Waals surface area contributed by atoms with Crippen LogP contribution in [-0.2, 0) is 11.3 Å². The van der Waals surface area contributed by atoms with Crippen LogP contribution >= 0.6 is 0 Å². The smallest absolute Gasteiger partial charge is 0.357 e. The molecule has 0 aliphatic carbocycles. The summed E-state index contributed by atoms with van der Waals surface area (Å²) in [6.07, 6.45) is 1.52. The fraction of sp³-hybridized carbons (Fsp3) is 0.143. The third-order valence-corrected chi connectivity index (χ3v) is 2.50. The van der Waals surface area contributed by atoms with E-state index in [0.29, 0.717) is 5.69 Å². The molecule has 102 valence electrons. The number of aryl methyl sites for hydroxylation is 1. The van der Waals surface area contributed by atoms with Crippen LogP contribution < -0.4 is 0 Å². The number of carbonyl (C=O) groups is 2. The van der Waals surface area contributed by atoms with Crippen molar-refractivity contribution in [3.05, 3.63) is 59.2 Å². The Labute approximate surface area is 115 Å². The monoisotopic (exact) mass is 272 g/mol. The van der Waals surface area contributed by atoms with Crippen molar-refractivity contribution in [1.29, 1.82) is 0 Å². The maximum atomic E-state index is 11.8. The number of hydrogen-bond donors (Lipinski definition) is 1. The average Bonchev–Trinajstić information content (AvgIpc) is 2.45. The fourth-order valence-corrected chi connectivity index (χ4v) is 1.54. The van der Waals surface area contributed by atoms with Gasteiger partial charge in [-0.05, 0) is 36.8 Å². The molecule has 20 heavy (non-hydrogen) atoms. The predicted molar refractivity (Wildman–Crippen MR) is 69.3 cm³/mol. The maximum absolute atomic E-state index is 11.8. The molecule has 0 atom stereocenters.